The van der Waals surface area contributed by atoms with Crippen LogP contribution in [0.15, 0.2) is 35.1 Å². The maximum absolute atomic E-state index is 11.8. The SMILES string of the molecule is Cc1cc(=O)[nH]c([C@@]2(C)CCCN2Cc2ccc(O)cc2)n1. The fraction of sp³-hybridized carbons (Fsp3) is 0.412. The third kappa shape index (κ3) is 2.76. The zero-order valence-corrected chi connectivity index (χ0v) is 13.0. The van der Waals surface area contributed by atoms with Gasteiger partial charge in [-0.25, -0.2) is 4.98 Å². The molecule has 22 heavy (non-hydrogen) atoms. The van der Waals surface area contributed by atoms with Crippen molar-refractivity contribution in [3.63, 3.8) is 0 Å². The molecule has 1 aliphatic heterocycles. The molecule has 1 fully saturated rings. The second kappa shape index (κ2) is 5.57. The van der Waals surface area contributed by atoms with E-state index >= 15 is 0 Å². The monoisotopic (exact) mass is 299 g/mol. The van der Waals surface area contributed by atoms with Gasteiger partial charge in [0.25, 0.3) is 5.56 Å². The Bertz CT molecular complexity index is 723. The molecule has 1 aromatic heterocycles. The number of likely N-dealkylation sites (tertiary alicyclic amines) is 1. The van der Waals surface area contributed by atoms with Crippen molar-refractivity contribution in [2.45, 2.75) is 38.8 Å². The lowest BCUT2D eigenvalue weighted by Gasteiger charge is -2.34. The van der Waals surface area contributed by atoms with E-state index in [0.717, 1.165) is 43.0 Å². The van der Waals surface area contributed by atoms with Gasteiger partial charge in [-0.3, -0.25) is 9.69 Å². The van der Waals surface area contributed by atoms with Crippen molar-refractivity contribution in [3.8, 4) is 5.75 Å². The van der Waals surface area contributed by atoms with Gasteiger partial charge in [0, 0.05) is 18.3 Å². The van der Waals surface area contributed by atoms with E-state index in [9.17, 15) is 9.90 Å². The molecule has 0 aliphatic carbocycles. The van der Waals surface area contributed by atoms with Crippen molar-refractivity contribution in [3.05, 3.63) is 57.8 Å². The van der Waals surface area contributed by atoms with Gasteiger partial charge in [-0.05, 0) is 50.9 Å². The van der Waals surface area contributed by atoms with Gasteiger partial charge in [-0.1, -0.05) is 12.1 Å². The lowest BCUT2D eigenvalue weighted by molar-refractivity contribution is 0.137. The first kappa shape index (κ1) is 14.8. The van der Waals surface area contributed by atoms with Gasteiger partial charge in [0.15, 0.2) is 0 Å². The largest absolute Gasteiger partial charge is 0.508 e. The molecule has 0 unspecified atom stereocenters. The Hall–Kier alpha value is -2.14. The first-order chi connectivity index (χ1) is 10.5. The zero-order chi connectivity index (χ0) is 15.7. The standard InChI is InChI=1S/C17H21N3O2/c1-12-10-15(22)19-16(18-12)17(2)8-3-9-20(17)11-13-4-6-14(21)7-5-13/h4-7,10,21H,3,8-9,11H2,1-2H3,(H,18,19,22)/t17-/m1/s1. The number of aromatic amines is 1. The summed E-state index contributed by atoms with van der Waals surface area (Å²) in [4.78, 5) is 21.6. The summed E-state index contributed by atoms with van der Waals surface area (Å²) >= 11 is 0. The molecule has 116 valence electrons. The van der Waals surface area contributed by atoms with Crippen LogP contribution in [0.25, 0.3) is 0 Å². The number of nitrogens with zero attached hydrogens (tertiary/aromatic N) is 2. The molecule has 0 bridgehead atoms. The lowest BCUT2D eigenvalue weighted by atomic mass is 9.97. The van der Waals surface area contributed by atoms with Crippen LogP contribution < -0.4 is 5.56 Å². The fourth-order valence-electron chi connectivity index (χ4n) is 3.20. The summed E-state index contributed by atoms with van der Waals surface area (Å²) in [6.07, 6.45) is 2.05. The van der Waals surface area contributed by atoms with Crippen LogP contribution in [-0.4, -0.2) is 26.5 Å². The van der Waals surface area contributed by atoms with Gasteiger partial charge in [0.2, 0.25) is 0 Å². The maximum atomic E-state index is 11.8. The molecule has 5 heteroatoms. The van der Waals surface area contributed by atoms with Crippen LogP contribution in [-0.2, 0) is 12.1 Å². The highest BCUT2D eigenvalue weighted by atomic mass is 16.3. The number of aromatic nitrogens is 2. The molecule has 2 heterocycles. The number of phenolic OH excluding ortho intramolecular Hbond substituents is 1. The summed E-state index contributed by atoms with van der Waals surface area (Å²) in [5.41, 5.74) is 1.53. The highest BCUT2D eigenvalue weighted by Gasteiger charge is 2.40. The molecule has 1 aromatic carbocycles. The highest BCUT2D eigenvalue weighted by molar-refractivity contribution is 5.26. The van der Waals surface area contributed by atoms with E-state index in [4.69, 9.17) is 0 Å². The molecule has 1 saturated heterocycles. The van der Waals surface area contributed by atoms with E-state index in [2.05, 4.69) is 21.8 Å². The highest BCUT2D eigenvalue weighted by Crippen LogP contribution is 2.37. The van der Waals surface area contributed by atoms with Gasteiger partial charge in [-0.2, -0.15) is 0 Å². The second-order valence-corrected chi connectivity index (χ2v) is 6.20. The first-order valence-corrected chi connectivity index (χ1v) is 7.59. The van der Waals surface area contributed by atoms with Crippen molar-refractivity contribution in [1.29, 1.82) is 0 Å². The predicted octanol–water partition coefficient (Wildman–Crippen LogP) is 2.30. The van der Waals surface area contributed by atoms with Crippen LogP contribution in [0.2, 0.25) is 0 Å². The molecule has 0 radical (unpaired) electrons. The number of H-pyrrole nitrogens is 1. The quantitative estimate of drug-likeness (QED) is 0.912. The molecular formula is C17H21N3O2. The van der Waals surface area contributed by atoms with Crippen LogP contribution >= 0.6 is 0 Å². The van der Waals surface area contributed by atoms with E-state index in [0.29, 0.717) is 0 Å². The Morgan fingerprint density at radius 1 is 1.36 bits per heavy atom. The number of aromatic hydroxyl groups is 1. The predicted molar refractivity (Wildman–Crippen MR) is 84.7 cm³/mol. The topological polar surface area (TPSA) is 69.2 Å². The Morgan fingerprint density at radius 2 is 2.09 bits per heavy atom. The van der Waals surface area contributed by atoms with E-state index in [-0.39, 0.29) is 16.8 Å². The second-order valence-electron chi connectivity index (χ2n) is 6.20. The molecule has 0 amide bonds. The van der Waals surface area contributed by atoms with Gasteiger partial charge in [0.1, 0.15) is 11.6 Å². The molecule has 1 atom stereocenters. The summed E-state index contributed by atoms with van der Waals surface area (Å²) in [6.45, 7) is 5.73. The fourth-order valence-corrected chi connectivity index (χ4v) is 3.20. The Morgan fingerprint density at radius 3 is 2.77 bits per heavy atom. The van der Waals surface area contributed by atoms with Crippen LogP contribution in [0.1, 0.15) is 36.8 Å². The number of aryl methyl sites for hydroxylation is 1. The summed E-state index contributed by atoms with van der Waals surface area (Å²) in [7, 11) is 0. The van der Waals surface area contributed by atoms with E-state index in [1.54, 1.807) is 12.1 Å². The van der Waals surface area contributed by atoms with Crippen LogP contribution in [0, 0.1) is 6.92 Å². The zero-order valence-electron chi connectivity index (χ0n) is 13.0. The molecule has 2 aromatic rings. The van der Waals surface area contributed by atoms with Gasteiger partial charge in [0.05, 0.1) is 5.54 Å². The third-order valence-corrected chi connectivity index (χ3v) is 4.48. The van der Waals surface area contributed by atoms with Crippen LogP contribution in [0.4, 0.5) is 0 Å². The average Bonchev–Trinajstić information content (AvgIpc) is 2.83. The van der Waals surface area contributed by atoms with Gasteiger partial charge in [-0.15, -0.1) is 0 Å². The number of hydrogen-bond acceptors (Lipinski definition) is 4. The summed E-state index contributed by atoms with van der Waals surface area (Å²) < 4.78 is 0. The smallest absolute Gasteiger partial charge is 0.251 e. The van der Waals surface area contributed by atoms with E-state index in [1.807, 2.05) is 19.1 Å². The number of phenols is 1. The average molecular weight is 299 g/mol. The maximum Gasteiger partial charge on any atom is 0.251 e. The molecule has 1 aliphatic rings. The van der Waals surface area contributed by atoms with Crippen LogP contribution in [0.5, 0.6) is 5.75 Å². The Balaban J connectivity index is 1.90. The number of rotatable bonds is 3. The Kier molecular flexibility index (Phi) is 3.74. The molecule has 0 saturated carbocycles. The minimum Gasteiger partial charge on any atom is -0.508 e. The number of benzene rings is 1. The number of nitrogens with one attached hydrogen (secondary N) is 1. The normalized spacial score (nSPS) is 22.1. The van der Waals surface area contributed by atoms with Crippen molar-refractivity contribution in [2.75, 3.05) is 6.54 Å². The van der Waals surface area contributed by atoms with Crippen molar-refractivity contribution >= 4 is 0 Å². The summed E-state index contributed by atoms with van der Waals surface area (Å²) in [5.74, 6) is 1.02. The van der Waals surface area contributed by atoms with E-state index in [1.165, 1.54) is 6.07 Å². The molecular weight excluding hydrogens is 278 g/mol. The minimum atomic E-state index is -0.261. The van der Waals surface area contributed by atoms with Gasteiger partial charge < -0.3 is 10.1 Å². The number of hydrogen-bond donors (Lipinski definition) is 2. The van der Waals surface area contributed by atoms with E-state index < -0.39 is 0 Å². The Labute approximate surface area is 129 Å². The van der Waals surface area contributed by atoms with Crippen molar-refractivity contribution < 1.29 is 5.11 Å². The molecule has 0 spiro atoms. The van der Waals surface area contributed by atoms with Crippen molar-refractivity contribution in [2.24, 2.45) is 0 Å². The van der Waals surface area contributed by atoms with Crippen molar-refractivity contribution in [1.82, 2.24) is 14.9 Å². The van der Waals surface area contributed by atoms with Crippen LogP contribution in [0.3, 0.4) is 0 Å². The molecule has 3 rings (SSSR count). The minimum absolute atomic E-state index is 0.0970. The lowest BCUT2D eigenvalue weighted by Crippen LogP contribution is -2.40. The third-order valence-electron chi connectivity index (χ3n) is 4.48. The van der Waals surface area contributed by atoms with Gasteiger partial charge >= 0.3 is 0 Å². The summed E-state index contributed by atoms with van der Waals surface area (Å²) in [6, 6.07) is 8.79. The molecule has 2 N–H and O–H groups in total. The summed E-state index contributed by atoms with van der Waals surface area (Å²) in [5, 5.41) is 9.40. The first-order valence-electron chi connectivity index (χ1n) is 7.59. The molecule has 5 nitrogen and oxygen atoms in total.